The van der Waals surface area contributed by atoms with Crippen LogP contribution in [-0.4, -0.2) is 35.6 Å². The largest absolute Gasteiger partial charge is 0.368 e. The maximum Gasteiger partial charge on any atom is 0.240 e. The molecule has 1 unspecified atom stereocenters. The smallest absolute Gasteiger partial charge is 0.240 e. The standard InChI is InChI=1S/C9H14N2O3/c1-2-7(9(10)14)11-4-6(5-12)3-8(11)13/h5-7H,2-4H2,1H3,(H2,10,14)/t6?,7-/m0/s1. The Morgan fingerprint density at radius 3 is 2.79 bits per heavy atom. The van der Waals surface area contributed by atoms with Crippen molar-refractivity contribution < 1.29 is 14.4 Å². The van der Waals surface area contributed by atoms with Gasteiger partial charge in [-0.3, -0.25) is 9.59 Å². The zero-order chi connectivity index (χ0) is 10.7. The molecule has 0 aliphatic carbocycles. The molecule has 5 heteroatoms. The number of carbonyl (C=O) groups is 3. The molecule has 5 nitrogen and oxygen atoms in total. The summed E-state index contributed by atoms with van der Waals surface area (Å²) in [6, 6.07) is -0.563. The lowest BCUT2D eigenvalue weighted by Gasteiger charge is -2.23. The summed E-state index contributed by atoms with van der Waals surface area (Å²) in [5, 5.41) is 0. The van der Waals surface area contributed by atoms with Crippen LogP contribution in [0.3, 0.4) is 0 Å². The highest BCUT2D eigenvalue weighted by Gasteiger charge is 2.35. The molecule has 1 heterocycles. The van der Waals surface area contributed by atoms with Crippen molar-refractivity contribution in [3.05, 3.63) is 0 Å². The Balaban J connectivity index is 2.72. The van der Waals surface area contributed by atoms with E-state index >= 15 is 0 Å². The number of rotatable bonds is 4. The molecule has 0 aromatic rings. The van der Waals surface area contributed by atoms with Crippen molar-refractivity contribution in [2.75, 3.05) is 6.54 Å². The Morgan fingerprint density at radius 1 is 1.79 bits per heavy atom. The van der Waals surface area contributed by atoms with Crippen LogP contribution in [0.5, 0.6) is 0 Å². The highest BCUT2D eigenvalue weighted by molar-refractivity contribution is 5.89. The summed E-state index contributed by atoms with van der Waals surface area (Å²) in [6.45, 7) is 2.11. The van der Waals surface area contributed by atoms with Gasteiger partial charge in [0.15, 0.2) is 0 Å². The number of nitrogens with zero attached hydrogens (tertiary/aromatic N) is 1. The minimum absolute atomic E-state index is 0.159. The van der Waals surface area contributed by atoms with Crippen LogP contribution in [0.2, 0.25) is 0 Å². The second-order valence-corrected chi connectivity index (χ2v) is 3.47. The molecule has 1 aliphatic rings. The van der Waals surface area contributed by atoms with Crippen molar-refractivity contribution >= 4 is 18.1 Å². The monoisotopic (exact) mass is 198 g/mol. The van der Waals surface area contributed by atoms with Gasteiger partial charge in [-0.1, -0.05) is 6.92 Å². The normalized spacial score (nSPS) is 23.6. The van der Waals surface area contributed by atoms with Crippen LogP contribution < -0.4 is 5.73 Å². The first-order valence-electron chi connectivity index (χ1n) is 4.64. The first kappa shape index (κ1) is 10.7. The van der Waals surface area contributed by atoms with E-state index in [0.29, 0.717) is 13.0 Å². The summed E-state index contributed by atoms with van der Waals surface area (Å²) in [5.74, 6) is -0.948. The first-order chi connectivity index (χ1) is 6.60. The van der Waals surface area contributed by atoms with E-state index in [4.69, 9.17) is 5.73 Å². The minimum atomic E-state index is -0.563. The van der Waals surface area contributed by atoms with Crippen LogP contribution in [0.15, 0.2) is 0 Å². The van der Waals surface area contributed by atoms with Gasteiger partial charge in [0.25, 0.3) is 0 Å². The van der Waals surface area contributed by atoms with E-state index in [2.05, 4.69) is 0 Å². The van der Waals surface area contributed by atoms with Crippen LogP contribution in [0.1, 0.15) is 19.8 Å². The van der Waals surface area contributed by atoms with Gasteiger partial charge in [-0.05, 0) is 6.42 Å². The molecule has 0 aromatic carbocycles. The lowest BCUT2D eigenvalue weighted by molar-refractivity contribution is -0.136. The highest BCUT2D eigenvalue weighted by Crippen LogP contribution is 2.19. The maximum absolute atomic E-state index is 11.4. The number of aldehydes is 1. The van der Waals surface area contributed by atoms with Crippen molar-refractivity contribution in [3.8, 4) is 0 Å². The zero-order valence-electron chi connectivity index (χ0n) is 8.10. The SMILES string of the molecule is CC[C@@H](C(N)=O)N1CC(C=O)CC1=O. The molecule has 2 N–H and O–H groups in total. The Hall–Kier alpha value is -1.39. The Labute approximate surface area is 82.2 Å². The molecular weight excluding hydrogens is 184 g/mol. The van der Waals surface area contributed by atoms with Gasteiger partial charge < -0.3 is 15.4 Å². The molecule has 1 saturated heterocycles. The summed E-state index contributed by atoms with van der Waals surface area (Å²) in [4.78, 5) is 34.3. The highest BCUT2D eigenvalue weighted by atomic mass is 16.2. The molecule has 0 spiro atoms. The molecule has 2 amide bonds. The molecule has 1 rings (SSSR count). The number of carbonyl (C=O) groups excluding carboxylic acids is 3. The fourth-order valence-electron chi connectivity index (χ4n) is 1.73. The predicted molar refractivity (Wildman–Crippen MR) is 49.2 cm³/mol. The number of hydrogen-bond donors (Lipinski definition) is 1. The van der Waals surface area contributed by atoms with Gasteiger partial charge in [0.05, 0.1) is 0 Å². The van der Waals surface area contributed by atoms with Crippen molar-refractivity contribution in [2.24, 2.45) is 11.7 Å². The fourth-order valence-corrected chi connectivity index (χ4v) is 1.73. The van der Waals surface area contributed by atoms with Crippen molar-refractivity contribution in [2.45, 2.75) is 25.8 Å². The van der Waals surface area contributed by atoms with Gasteiger partial charge in [0, 0.05) is 18.9 Å². The zero-order valence-corrected chi connectivity index (χ0v) is 8.10. The fraction of sp³-hybridized carbons (Fsp3) is 0.667. The topological polar surface area (TPSA) is 80.5 Å². The van der Waals surface area contributed by atoms with E-state index in [1.165, 1.54) is 4.90 Å². The summed E-state index contributed by atoms with van der Waals surface area (Å²) >= 11 is 0. The van der Waals surface area contributed by atoms with E-state index in [-0.39, 0.29) is 18.2 Å². The van der Waals surface area contributed by atoms with Crippen LogP contribution >= 0.6 is 0 Å². The molecule has 0 bridgehead atoms. The number of hydrogen-bond acceptors (Lipinski definition) is 3. The summed E-state index contributed by atoms with van der Waals surface area (Å²) in [6.07, 6.45) is 1.45. The third-order valence-electron chi connectivity index (χ3n) is 2.47. The van der Waals surface area contributed by atoms with Crippen LogP contribution in [0.4, 0.5) is 0 Å². The van der Waals surface area contributed by atoms with E-state index < -0.39 is 11.9 Å². The lowest BCUT2D eigenvalue weighted by Crippen LogP contribution is -2.45. The summed E-state index contributed by atoms with van der Waals surface area (Å²) < 4.78 is 0. The summed E-state index contributed by atoms with van der Waals surface area (Å²) in [7, 11) is 0. The third-order valence-corrected chi connectivity index (χ3v) is 2.47. The molecule has 0 aromatic heterocycles. The predicted octanol–water partition coefficient (Wildman–Crippen LogP) is -0.702. The molecule has 78 valence electrons. The van der Waals surface area contributed by atoms with Crippen LogP contribution in [0.25, 0.3) is 0 Å². The Kier molecular flexibility index (Phi) is 3.22. The number of primary amides is 1. The van der Waals surface area contributed by atoms with Gasteiger partial charge in [0.1, 0.15) is 12.3 Å². The Morgan fingerprint density at radius 2 is 2.43 bits per heavy atom. The van der Waals surface area contributed by atoms with E-state index in [9.17, 15) is 14.4 Å². The van der Waals surface area contributed by atoms with Gasteiger partial charge in [-0.2, -0.15) is 0 Å². The second-order valence-electron chi connectivity index (χ2n) is 3.47. The number of amides is 2. The molecule has 14 heavy (non-hydrogen) atoms. The van der Waals surface area contributed by atoms with E-state index in [1.54, 1.807) is 6.92 Å². The lowest BCUT2D eigenvalue weighted by atomic mass is 10.1. The molecule has 1 fully saturated rings. The minimum Gasteiger partial charge on any atom is -0.368 e. The molecule has 0 saturated carbocycles. The Bertz CT molecular complexity index is 265. The average Bonchev–Trinajstić information content (AvgIpc) is 2.48. The van der Waals surface area contributed by atoms with Crippen LogP contribution in [-0.2, 0) is 14.4 Å². The quantitative estimate of drug-likeness (QED) is 0.606. The van der Waals surface area contributed by atoms with Gasteiger partial charge in [0.2, 0.25) is 11.8 Å². The number of nitrogens with two attached hydrogens (primary N) is 1. The molecule has 0 radical (unpaired) electrons. The van der Waals surface area contributed by atoms with Crippen molar-refractivity contribution in [3.63, 3.8) is 0 Å². The second kappa shape index (κ2) is 4.21. The molecular formula is C9H14N2O3. The van der Waals surface area contributed by atoms with E-state index in [1.807, 2.05) is 0 Å². The molecule has 1 aliphatic heterocycles. The van der Waals surface area contributed by atoms with Crippen molar-refractivity contribution in [1.82, 2.24) is 4.90 Å². The maximum atomic E-state index is 11.4. The third kappa shape index (κ3) is 1.92. The number of likely N-dealkylation sites (tertiary alicyclic amines) is 1. The molecule has 2 atom stereocenters. The van der Waals surface area contributed by atoms with Gasteiger partial charge in [-0.25, -0.2) is 0 Å². The van der Waals surface area contributed by atoms with E-state index in [0.717, 1.165) is 6.29 Å². The summed E-state index contributed by atoms with van der Waals surface area (Å²) in [5.41, 5.74) is 5.16. The van der Waals surface area contributed by atoms with Gasteiger partial charge >= 0.3 is 0 Å². The van der Waals surface area contributed by atoms with Gasteiger partial charge in [-0.15, -0.1) is 0 Å². The average molecular weight is 198 g/mol. The first-order valence-corrected chi connectivity index (χ1v) is 4.64. The van der Waals surface area contributed by atoms with Crippen molar-refractivity contribution in [1.29, 1.82) is 0 Å². The van der Waals surface area contributed by atoms with Crippen LogP contribution in [0, 0.1) is 5.92 Å².